The van der Waals surface area contributed by atoms with E-state index in [1.807, 2.05) is 42.1 Å². The highest BCUT2D eigenvalue weighted by molar-refractivity contribution is 7.10. The lowest BCUT2D eigenvalue weighted by atomic mass is 9.93. The molecule has 2 N–H and O–H groups in total. The third-order valence-electron chi connectivity index (χ3n) is 8.46. The summed E-state index contributed by atoms with van der Waals surface area (Å²) in [5, 5.41) is 2.05. The Hall–Kier alpha value is -2.79. The van der Waals surface area contributed by atoms with Crippen molar-refractivity contribution in [1.82, 2.24) is 19.6 Å². The van der Waals surface area contributed by atoms with E-state index in [0.29, 0.717) is 45.0 Å². The summed E-state index contributed by atoms with van der Waals surface area (Å²) in [5.74, 6) is 0.106. The van der Waals surface area contributed by atoms with Gasteiger partial charge in [-0.1, -0.05) is 36.8 Å². The fraction of sp³-hybridized carbons (Fsp3) is 0.606. The lowest BCUT2D eigenvalue weighted by Gasteiger charge is -2.43. The standard InChI is InChI=1S/C33H50N6O3S/c1-33(2)30(25-12-8-7-9-13-25)42-32(35-33)38-18-19-39(31(41)27(37(5)6)14-10-11-17-36(3)4)28(22-38)29(40)16-15-26-20-24(21-34)23-43-26/h7-9,12-13,20,23,27-28,30H,10-11,14-19,21-22,34H2,1-6H3/t27-,28+,30?/m1/s1. The number of likely N-dealkylation sites (N-methyl/N-ethyl adjacent to an activating group) is 1. The molecule has 10 heteroatoms. The van der Waals surface area contributed by atoms with Crippen LogP contribution in [0.3, 0.4) is 0 Å². The zero-order chi connectivity index (χ0) is 31.1. The van der Waals surface area contributed by atoms with E-state index in [-0.39, 0.29) is 23.8 Å². The average molecular weight is 611 g/mol. The minimum Gasteiger partial charge on any atom is -0.454 e. The molecule has 2 aliphatic heterocycles. The molecule has 43 heavy (non-hydrogen) atoms. The second kappa shape index (κ2) is 14.8. The number of nitrogens with two attached hydrogens (primary N) is 1. The van der Waals surface area contributed by atoms with Crippen LogP contribution in [0.15, 0.2) is 46.8 Å². The first kappa shape index (κ1) is 33.1. The smallest absolute Gasteiger partial charge is 0.288 e. The Balaban J connectivity index is 1.52. The van der Waals surface area contributed by atoms with Crippen molar-refractivity contribution in [3.05, 3.63) is 57.8 Å². The summed E-state index contributed by atoms with van der Waals surface area (Å²) in [5.41, 5.74) is 7.51. The highest BCUT2D eigenvalue weighted by Gasteiger charge is 2.44. The molecule has 0 radical (unpaired) electrons. The SMILES string of the molecule is CN(C)CCCC[C@H](C(=O)N1CCN(C2=NC(C)(C)C(c3ccccc3)O2)C[C@H]1C(=O)CCc1cc(CN)cs1)N(C)C. The molecule has 1 unspecified atom stereocenters. The predicted molar refractivity (Wildman–Crippen MR) is 174 cm³/mol. The minimum absolute atomic E-state index is 0.0335. The molecule has 0 bridgehead atoms. The number of carbonyl (C=O) groups excluding carboxylic acids is 2. The summed E-state index contributed by atoms with van der Waals surface area (Å²) < 4.78 is 6.48. The van der Waals surface area contributed by atoms with Crippen molar-refractivity contribution in [2.45, 2.75) is 76.2 Å². The third-order valence-corrected chi connectivity index (χ3v) is 9.50. The van der Waals surface area contributed by atoms with E-state index in [4.69, 9.17) is 15.5 Å². The molecule has 2 aromatic rings. The van der Waals surface area contributed by atoms with Crippen molar-refractivity contribution < 1.29 is 14.3 Å². The summed E-state index contributed by atoms with van der Waals surface area (Å²) in [6, 6.07) is 12.0. The van der Waals surface area contributed by atoms with Crippen molar-refractivity contribution in [2.75, 3.05) is 54.4 Å². The first-order valence-corrected chi connectivity index (χ1v) is 16.3. The molecular weight excluding hydrogens is 560 g/mol. The van der Waals surface area contributed by atoms with Crippen LogP contribution in [-0.2, 0) is 27.3 Å². The predicted octanol–water partition coefficient (Wildman–Crippen LogP) is 3.79. The van der Waals surface area contributed by atoms with Gasteiger partial charge in [0.05, 0.1) is 6.04 Å². The molecule has 236 valence electrons. The maximum absolute atomic E-state index is 14.1. The summed E-state index contributed by atoms with van der Waals surface area (Å²) in [4.78, 5) is 42.2. The summed E-state index contributed by atoms with van der Waals surface area (Å²) >= 11 is 1.64. The number of ketones is 1. The minimum atomic E-state index is -0.565. The van der Waals surface area contributed by atoms with Gasteiger partial charge in [0.1, 0.15) is 11.6 Å². The Morgan fingerprint density at radius 1 is 1.14 bits per heavy atom. The number of aryl methyl sites for hydroxylation is 1. The van der Waals surface area contributed by atoms with Gasteiger partial charge in [-0.25, -0.2) is 4.99 Å². The van der Waals surface area contributed by atoms with Gasteiger partial charge in [0.15, 0.2) is 11.9 Å². The summed E-state index contributed by atoms with van der Waals surface area (Å²) in [6.45, 7) is 7.03. The number of aliphatic imine (C=N–C) groups is 1. The molecule has 3 heterocycles. The molecule has 1 aromatic carbocycles. The lowest BCUT2D eigenvalue weighted by Crippen LogP contribution is -2.62. The van der Waals surface area contributed by atoms with Crippen LogP contribution in [0.4, 0.5) is 0 Å². The van der Waals surface area contributed by atoms with Gasteiger partial charge in [-0.15, -0.1) is 11.3 Å². The molecule has 2 aliphatic rings. The van der Waals surface area contributed by atoms with Gasteiger partial charge in [0, 0.05) is 37.5 Å². The molecule has 4 rings (SSSR count). The van der Waals surface area contributed by atoms with Crippen molar-refractivity contribution in [2.24, 2.45) is 10.7 Å². The molecule has 0 saturated carbocycles. The molecule has 1 amide bonds. The van der Waals surface area contributed by atoms with Crippen LogP contribution >= 0.6 is 11.3 Å². The molecule has 1 aromatic heterocycles. The number of thiophene rings is 1. The van der Waals surface area contributed by atoms with E-state index < -0.39 is 11.6 Å². The van der Waals surface area contributed by atoms with Crippen molar-refractivity contribution in [3.63, 3.8) is 0 Å². The van der Waals surface area contributed by atoms with Crippen LogP contribution in [0, 0.1) is 0 Å². The molecule has 1 saturated heterocycles. The van der Waals surface area contributed by atoms with Crippen LogP contribution in [0.2, 0.25) is 0 Å². The molecule has 0 spiro atoms. The quantitative estimate of drug-likeness (QED) is 0.345. The summed E-state index contributed by atoms with van der Waals surface area (Å²) in [6.07, 6.45) is 3.54. The topological polar surface area (TPSA) is 94.7 Å². The van der Waals surface area contributed by atoms with Gasteiger partial charge < -0.3 is 25.2 Å². The largest absolute Gasteiger partial charge is 0.454 e. The van der Waals surface area contributed by atoms with E-state index >= 15 is 0 Å². The summed E-state index contributed by atoms with van der Waals surface area (Å²) in [7, 11) is 8.05. The van der Waals surface area contributed by atoms with Crippen molar-refractivity contribution >= 4 is 29.0 Å². The Kier molecular flexibility index (Phi) is 11.4. The van der Waals surface area contributed by atoms with E-state index in [2.05, 4.69) is 61.3 Å². The third kappa shape index (κ3) is 8.44. The van der Waals surface area contributed by atoms with Gasteiger partial charge in [-0.3, -0.25) is 14.5 Å². The second-order valence-corrected chi connectivity index (χ2v) is 13.8. The van der Waals surface area contributed by atoms with Gasteiger partial charge in [-0.05, 0) is 90.4 Å². The average Bonchev–Trinajstić information content (AvgIpc) is 3.58. The first-order chi connectivity index (χ1) is 20.5. The number of nitrogens with zero attached hydrogens (tertiary/aromatic N) is 5. The Morgan fingerprint density at radius 3 is 2.53 bits per heavy atom. The second-order valence-electron chi connectivity index (χ2n) is 12.8. The molecular formula is C33H50N6O3S. The van der Waals surface area contributed by atoms with E-state index in [1.54, 1.807) is 11.3 Å². The number of amides is 1. The van der Waals surface area contributed by atoms with E-state index in [1.165, 1.54) is 0 Å². The Morgan fingerprint density at radius 2 is 1.88 bits per heavy atom. The normalized spacial score (nSPS) is 20.8. The number of unbranched alkanes of at least 4 members (excludes halogenated alkanes) is 1. The Bertz CT molecular complexity index is 1240. The molecule has 1 fully saturated rings. The van der Waals surface area contributed by atoms with E-state index in [9.17, 15) is 9.59 Å². The number of rotatable bonds is 13. The highest BCUT2D eigenvalue weighted by Crippen LogP contribution is 2.38. The zero-order valence-electron chi connectivity index (χ0n) is 26.8. The number of carbonyl (C=O) groups is 2. The number of benzene rings is 1. The van der Waals surface area contributed by atoms with Gasteiger partial charge >= 0.3 is 0 Å². The first-order valence-electron chi connectivity index (χ1n) is 15.5. The lowest BCUT2D eigenvalue weighted by molar-refractivity contribution is -0.146. The fourth-order valence-electron chi connectivity index (χ4n) is 5.96. The van der Waals surface area contributed by atoms with Gasteiger partial charge in [-0.2, -0.15) is 0 Å². The van der Waals surface area contributed by atoms with Crippen molar-refractivity contribution in [3.8, 4) is 0 Å². The van der Waals surface area contributed by atoms with Gasteiger partial charge in [0.25, 0.3) is 6.02 Å². The number of Topliss-reactive ketones (excluding diaryl/α,β-unsaturated/α-hetero) is 1. The number of hydrogen-bond acceptors (Lipinski definition) is 9. The monoisotopic (exact) mass is 610 g/mol. The highest BCUT2D eigenvalue weighted by atomic mass is 32.1. The van der Waals surface area contributed by atoms with Crippen LogP contribution in [0.25, 0.3) is 0 Å². The van der Waals surface area contributed by atoms with Crippen molar-refractivity contribution in [1.29, 1.82) is 0 Å². The Labute approximate surface area is 261 Å². The van der Waals surface area contributed by atoms with Crippen LogP contribution in [0.5, 0.6) is 0 Å². The number of ether oxygens (including phenoxy) is 1. The van der Waals surface area contributed by atoms with Crippen LogP contribution < -0.4 is 5.73 Å². The number of piperazine rings is 1. The van der Waals surface area contributed by atoms with Crippen LogP contribution in [0.1, 0.15) is 61.6 Å². The van der Waals surface area contributed by atoms with Crippen LogP contribution in [-0.4, -0.2) is 109 Å². The maximum Gasteiger partial charge on any atom is 0.288 e. The zero-order valence-corrected chi connectivity index (χ0v) is 27.6. The van der Waals surface area contributed by atoms with E-state index in [0.717, 1.165) is 41.8 Å². The fourth-order valence-corrected chi connectivity index (χ4v) is 6.87. The molecule has 3 atom stereocenters. The molecule has 9 nitrogen and oxygen atoms in total. The number of hydrogen-bond donors (Lipinski definition) is 1. The number of amidine groups is 1. The maximum atomic E-state index is 14.1. The molecule has 0 aliphatic carbocycles. The van der Waals surface area contributed by atoms with Gasteiger partial charge in [0.2, 0.25) is 5.91 Å².